The van der Waals surface area contributed by atoms with Crippen LogP contribution >= 0.6 is 0 Å². The highest BCUT2D eigenvalue weighted by atomic mass is 16.7. The number of aromatic nitrogens is 1. The molecule has 1 unspecified atom stereocenters. The average Bonchev–Trinajstić information content (AvgIpc) is 2.70. The molecule has 26 heavy (non-hydrogen) atoms. The fraction of sp³-hybridized carbons (Fsp3) is 0.143. The van der Waals surface area contributed by atoms with E-state index in [-0.39, 0.29) is 5.91 Å². The lowest BCUT2D eigenvalue weighted by molar-refractivity contribution is -0.0782. The topological polar surface area (TPSA) is 60.5 Å². The molecule has 3 aromatic rings. The van der Waals surface area contributed by atoms with Crippen molar-refractivity contribution in [2.24, 2.45) is 0 Å². The number of ether oxygens (including phenoxy) is 2. The first kappa shape index (κ1) is 17.6. The second-order valence-electron chi connectivity index (χ2n) is 5.51. The highest BCUT2D eigenvalue weighted by Gasteiger charge is 2.16. The lowest BCUT2D eigenvalue weighted by atomic mass is 10.2. The van der Waals surface area contributed by atoms with Crippen molar-refractivity contribution < 1.29 is 14.3 Å². The second kappa shape index (κ2) is 8.78. The Hall–Kier alpha value is -3.18. The van der Waals surface area contributed by atoms with Crippen LogP contribution in [0.4, 0.5) is 5.69 Å². The SMILES string of the molecule is CCOC(Oc1ccccc1NC(=O)c1cccnc1)c1ccccc1. The van der Waals surface area contributed by atoms with Gasteiger partial charge in [-0.1, -0.05) is 42.5 Å². The van der Waals surface area contributed by atoms with Crippen LogP contribution in [0, 0.1) is 0 Å². The van der Waals surface area contributed by atoms with Gasteiger partial charge in [0.05, 0.1) is 11.3 Å². The van der Waals surface area contributed by atoms with E-state index in [4.69, 9.17) is 9.47 Å². The van der Waals surface area contributed by atoms with Crippen LogP contribution in [0.25, 0.3) is 0 Å². The molecule has 1 atom stereocenters. The highest BCUT2D eigenvalue weighted by Crippen LogP contribution is 2.30. The highest BCUT2D eigenvalue weighted by molar-refractivity contribution is 6.04. The molecule has 1 N–H and O–H groups in total. The first-order chi connectivity index (χ1) is 12.8. The van der Waals surface area contributed by atoms with E-state index in [0.717, 1.165) is 5.56 Å². The van der Waals surface area contributed by atoms with Gasteiger partial charge < -0.3 is 14.8 Å². The molecule has 5 heteroatoms. The summed E-state index contributed by atoms with van der Waals surface area (Å²) in [5, 5.41) is 2.87. The summed E-state index contributed by atoms with van der Waals surface area (Å²) >= 11 is 0. The van der Waals surface area contributed by atoms with E-state index in [9.17, 15) is 4.79 Å². The fourth-order valence-electron chi connectivity index (χ4n) is 2.44. The third kappa shape index (κ3) is 4.46. The van der Waals surface area contributed by atoms with E-state index in [0.29, 0.717) is 23.6 Å². The number of carbonyl (C=O) groups excluding carboxylic acids is 1. The summed E-state index contributed by atoms with van der Waals surface area (Å²) in [5.74, 6) is 0.286. The van der Waals surface area contributed by atoms with Crippen LogP contribution < -0.4 is 10.1 Å². The first-order valence-electron chi connectivity index (χ1n) is 8.41. The maximum absolute atomic E-state index is 12.4. The van der Waals surface area contributed by atoms with Crippen LogP contribution in [0.5, 0.6) is 5.75 Å². The van der Waals surface area contributed by atoms with Crippen LogP contribution in [0.2, 0.25) is 0 Å². The quantitative estimate of drug-likeness (QED) is 0.641. The number of para-hydroxylation sites is 2. The van der Waals surface area contributed by atoms with E-state index < -0.39 is 6.29 Å². The summed E-state index contributed by atoms with van der Waals surface area (Å²) in [6, 6.07) is 20.4. The van der Waals surface area contributed by atoms with E-state index in [1.165, 1.54) is 6.20 Å². The lowest BCUT2D eigenvalue weighted by Crippen LogP contribution is -2.16. The van der Waals surface area contributed by atoms with Crippen molar-refractivity contribution in [3.63, 3.8) is 0 Å². The van der Waals surface area contributed by atoms with Crippen LogP contribution in [0.15, 0.2) is 79.1 Å². The minimum Gasteiger partial charge on any atom is -0.458 e. The summed E-state index contributed by atoms with van der Waals surface area (Å²) in [4.78, 5) is 16.4. The van der Waals surface area contributed by atoms with Crippen molar-refractivity contribution in [1.82, 2.24) is 4.98 Å². The normalized spacial score (nSPS) is 11.6. The molecule has 2 aromatic carbocycles. The minimum atomic E-state index is -0.558. The lowest BCUT2D eigenvalue weighted by Gasteiger charge is -2.21. The third-order valence-electron chi connectivity index (χ3n) is 3.68. The van der Waals surface area contributed by atoms with Crippen molar-refractivity contribution >= 4 is 11.6 Å². The number of anilines is 1. The molecule has 0 saturated carbocycles. The summed E-state index contributed by atoms with van der Waals surface area (Å²) in [6.45, 7) is 2.42. The molecule has 0 aliphatic heterocycles. The number of nitrogens with zero attached hydrogens (tertiary/aromatic N) is 1. The Labute approximate surface area is 152 Å². The maximum Gasteiger partial charge on any atom is 0.257 e. The van der Waals surface area contributed by atoms with Gasteiger partial charge in [-0.2, -0.15) is 0 Å². The number of pyridine rings is 1. The summed E-state index contributed by atoms with van der Waals surface area (Å²) in [6.07, 6.45) is 2.59. The zero-order valence-electron chi connectivity index (χ0n) is 14.5. The number of nitrogens with one attached hydrogen (secondary N) is 1. The molecule has 1 aromatic heterocycles. The van der Waals surface area contributed by atoms with Crippen LogP contribution in [-0.2, 0) is 4.74 Å². The van der Waals surface area contributed by atoms with E-state index >= 15 is 0 Å². The van der Waals surface area contributed by atoms with Crippen LogP contribution in [-0.4, -0.2) is 17.5 Å². The van der Waals surface area contributed by atoms with Crippen molar-refractivity contribution in [2.45, 2.75) is 13.2 Å². The minimum absolute atomic E-state index is 0.248. The number of benzene rings is 2. The zero-order chi connectivity index (χ0) is 18.2. The van der Waals surface area contributed by atoms with Crippen LogP contribution in [0.1, 0.15) is 29.1 Å². The smallest absolute Gasteiger partial charge is 0.257 e. The third-order valence-corrected chi connectivity index (χ3v) is 3.68. The Morgan fingerprint density at radius 1 is 1.04 bits per heavy atom. The number of hydrogen-bond acceptors (Lipinski definition) is 4. The predicted octanol–water partition coefficient (Wildman–Crippen LogP) is 4.45. The summed E-state index contributed by atoms with van der Waals surface area (Å²) in [5.41, 5.74) is 1.96. The molecule has 0 radical (unpaired) electrons. The summed E-state index contributed by atoms with van der Waals surface area (Å²) < 4.78 is 11.8. The Bertz CT molecular complexity index is 838. The van der Waals surface area contributed by atoms with Gasteiger partial charge in [0.15, 0.2) is 0 Å². The van der Waals surface area contributed by atoms with Crippen molar-refractivity contribution in [3.8, 4) is 5.75 Å². The number of rotatable bonds is 7. The number of hydrogen-bond donors (Lipinski definition) is 1. The molecule has 0 aliphatic carbocycles. The van der Waals surface area contributed by atoms with Gasteiger partial charge in [-0.3, -0.25) is 9.78 Å². The van der Waals surface area contributed by atoms with Gasteiger partial charge in [-0.15, -0.1) is 0 Å². The van der Waals surface area contributed by atoms with Gasteiger partial charge in [0.2, 0.25) is 6.29 Å². The number of amides is 1. The molecule has 0 saturated heterocycles. The molecule has 0 aliphatic rings. The monoisotopic (exact) mass is 348 g/mol. The van der Waals surface area contributed by atoms with Gasteiger partial charge in [-0.05, 0) is 31.2 Å². The molecule has 1 amide bonds. The molecular formula is C21H20N2O3. The molecule has 0 spiro atoms. The first-order valence-corrected chi connectivity index (χ1v) is 8.41. The van der Waals surface area contributed by atoms with Crippen molar-refractivity contribution in [1.29, 1.82) is 0 Å². The maximum atomic E-state index is 12.4. The van der Waals surface area contributed by atoms with E-state index in [1.807, 2.05) is 49.4 Å². The predicted molar refractivity (Wildman–Crippen MR) is 100 cm³/mol. The van der Waals surface area contributed by atoms with E-state index in [1.54, 1.807) is 30.5 Å². The van der Waals surface area contributed by atoms with Gasteiger partial charge >= 0.3 is 0 Å². The van der Waals surface area contributed by atoms with Gasteiger partial charge in [0, 0.05) is 24.6 Å². The van der Waals surface area contributed by atoms with Gasteiger partial charge in [0.25, 0.3) is 5.91 Å². The molecule has 132 valence electrons. The zero-order valence-corrected chi connectivity index (χ0v) is 14.5. The Morgan fingerprint density at radius 2 is 1.81 bits per heavy atom. The molecule has 5 nitrogen and oxygen atoms in total. The molecule has 1 heterocycles. The van der Waals surface area contributed by atoms with Crippen molar-refractivity contribution in [2.75, 3.05) is 11.9 Å². The Morgan fingerprint density at radius 3 is 2.54 bits per heavy atom. The standard InChI is InChI=1S/C21H20N2O3/c1-2-25-21(16-9-4-3-5-10-16)26-19-13-7-6-12-18(19)23-20(24)17-11-8-14-22-15-17/h3-15,21H,2H2,1H3,(H,23,24). The fourth-order valence-corrected chi connectivity index (χ4v) is 2.44. The van der Waals surface area contributed by atoms with Crippen LogP contribution in [0.3, 0.4) is 0 Å². The van der Waals surface area contributed by atoms with E-state index in [2.05, 4.69) is 10.3 Å². The second-order valence-corrected chi connectivity index (χ2v) is 5.51. The average molecular weight is 348 g/mol. The molecule has 3 rings (SSSR count). The molecule has 0 bridgehead atoms. The van der Waals surface area contributed by atoms with Gasteiger partial charge in [-0.25, -0.2) is 0 Å². The van der Waals surface area contributed by atoms with Gasteiger partial charge in [0.1, 0.15) is 5.75 Å². The molecule has 0 fully saturated rings. The van der Waals surface area contributed by atoms with Crippen molar-refractivity contribution in [3.05, 3.63) is 90.3 Å². The number of carbonyl (C=O) groups is 1. The molecular weight excluding hydrogens is 328 g/mol. The Balaban J connectivity index is 1.81. The summed E-state index contributed by atoms with van der Waals surface area (Å²) in [7, 11) is 0. The largest absolute Gasteiger partial charge is 0.458 e. The Kier molecular flexibility index (Phi) is 5.96.